The standard InChI is InChI=1S/C20H27N5O3/c1-4-13-5-8-15(9-6-13)22-19-18(23-25-24-19)20(26)21-12-14-7-10-16(27-2)17(11-14)28-3/h5-11,18-19,22-25H,4,12H2,1-3H3,(H,21,26). The van der Waals surface area contributed by atoms with Gasteiger partial charge in [0.2, 0.25) is 5.91 Å². The molecule has 0 aromatic heterocycles. The van der Waals surface area contributed by atoms with Gasteiger partial charge in [-0.3, -0.25) is 4.79 Å². The van der Waals surface area contributed by atoms with E-state index in [9.17, 15) is 4.79 Å². The highest BCUT2D eigenvalue weighted by atomic mass is 16.5. The Morgan fingerprint density at radius 3 is 2.39 bits per heavy atom. The van der Waals surface area contributed by atoms with Gasteiger partial charge in [0.1, 0.15) is 12.2 Å². The first kappa shape index (κ1) is 19.9. The maximum absolute atomic E-state index is 12.6. The molecule has 1 fully saturated rings. The van der Waals surface area contributed by atoms with Crippen molar-refractivity contribution in [3.8, 4) is 11.5 Å². The highest BCUT2D eigenvalue weighted by Gasteiger charge is 2.32. The van der Waals surface area contributed by atoms with Crippen LogP contribution in [0.25, 0.3) is 0 Å². The zero-order chi connectivity index (χ0) is 19.9. The maximum Gasteiger partial charge on any atom is 0.242 e. The lowest BCUT2D eigenvalue weighted by Crippen LogP contribution is -2.50. The third-order valence-electron chi connectivity index (χ3n) is 4.67. The summed E-state index contributed by atoms with van der Waals surface area (Å²) in [5, 5.41) is 6.27. The summed E-state index contributed by atoms with van der Waals surface area (Å²) in [7, 11) is 3.18. The van der Waals surface area contributed by atoms with Crippen molar-refractivity contribution in [2.45, 2.75) is 32.1 Å². The Labute approximate surface area is 164 Å². The van der Waals surface area contributed by atoms with Gasteiger partial charge in [0.15, 0.2) is 11.5 Å². The molecule has 5 N–H and O–H groups in total. The molecule has 3 rings (SSSR count). The van der Waals surface area contributed by atoms with E-state index in [-0.39, 0.29) is 12.1 Å². The minimum absolute atomic E-state index is 0.130. The number of ether oxygens (including phenoxy) is 2. The van der Waals surface area contributed by atoms with Gasteiger partial charge < -0.3 is 20.1 Å². The molecule has 2 atom stereocenters. The third kappa shape index (κ3) is 4.72. The highest BCUT2D eigenvalue weighted by Crippen LogP contribution is 2.27. The quantitative estimate of drug-likeness (QED) is 0.467. The van der Waals surface area contributed by atoms with Crippen LogP contribution in [-0.4, -0.2) is 32.3 Å². The van der Waals surface area contributed by atoms with Gasteiger partial charge in [-0.25, -0.2) is 10.9 Å². The lowest BCUT2D eigenvalue weighted by atomic mass is 10.1. The summed E-state index contributed by atoms with van der Waals surface area (Å²) in [6.45, 7) is 2.50. The normalized spacial score (nSPS) is 18.5. The zero-order valence-corrected chi connectivity index (χ0v) is 16.3. The Hall–Kier alpha value is -2.81. The molecule has 0 bridgehead atoms. The van der Waals surface area contributed by atoms with Crippen LogP contribution in [0.4, 0.5) is 5.69 Å². The molecule has 0 aliphatic carbocycles. The molecule has 1 amide bonds. The Morgan fingerprint density at radius 1 is 1.00 bits per heavy atom. The monoisotopic (exact) mass is 385 g/mol. The SMILES string of the molecule is CCc1ccc(NC2NNNC2C(=O)NCc2ccc(OC)c(OC)c2)cc1. The number of rotatable bonds is 8. The van der Waals surface area contributed by atoms with E-state index in [0.29, 0.717) is 18.0 Å². The molecule has 8 heteroatoms. The summed E-state index contributed by atoms with van der Waals surface area (Å²) in [6, 6.07) is 13.3. The van der Waals surface area contributed by atoms with Crippen molar-refractivity contribution >= 4 is 11.6 Å². The molecule has 0 saturated carbocycles. The Kier molecular flexibility index (Phi) is 6.70. The van der Waals surface area contributed by atoms with Gasteiger partial charge in [0, 0.05) is 12.2 Å². The van der Waals surface area contributed by atoms with Gasteiger partial charge in [-0.2, -0.15) is 5.53 Å². The summed E-state index contributed by atoms with van der Waals surface area (Å²) in [5.74, 6) is 1.16. The maximum atomic E-state index is 12.6. The van der Waals surface area contributed by atoms with Crippen LogP contribution >= 0.6 is 0 Å². The predicted molar refractivity (Wildman–Crippen MR) is 108 cm³/mol. The molecule has 0 radical (unpaired) electrons. The number of anilines is 1. The summed E-state index contributed by atoms with van der Waals surface area (Å²) in [5.41, 5.74) is 11.9. The Morgan fingerprint density at radius 2 is 1.71 bits per heavy atom. The largest absolute Gasteiger partial charge is 0.493 e. The number of methoxy groups -OCH3 is 2. The fourth-order valence-electron chi connectivity index (χ4n) is 3.01. The summed E-state index contributed by atoms with van der Waals surface area (Å²) in [4.78, 5) is 12.6. The fourth-order valence-corrected chi connectivity index (χ4v) is 3.01. The van der Waals surface area contributed by atoms with Crippen molar-refractivity contribution in [1.29, 1.82) is 0 Å². The molecule has 8 nitrogen and oxygen atoms in total. The highest BCUT2D eigenvalue weighted by molar-refractivity contribution is 5.83. The van der Waals surface area contributed by atoms with E-state index in [2.05, 4.69) is 46.1 Å². The van der Waals surface area contributed by atoms with Crippen molar-refractivity contribution in [3.63, 3.8) is 0 Å². The minimum Gasteiger partial charge on any atom is -0.493 e. The van der Waals surface area contributed by atoms with Crippen molar-refractivity contribution < 1.29 is 14.3 Å². The smallest absolute Gasteiger partial charge is 0.242 e. The van der Waals surface area contributed by atoms with Crippen LogP contribution in [0.3, 0.4) is 0 Å². The van der Waals surface area contributed by atoms with Crippen LogP contribution in [0.5, 0.6) is 11.5 Å². The summed E-state index contributed by atoms with van der Waals surface area (Å²) >= 11 is 0. The van der Waals surface area contributed by atoms with Gasteiger partial charge >= 0.3 is 0 Å². The molecule has 1 aliphatic rings. The topological polar surface area (TPSA) is 95.7 Å². The first-order valence-electron chi connectivity index (χ1n) is 9.24. The van der Waals surface area contributed by atoms with E-state index in [1.807, 2.05) is 30.3 Å². The molecular weight excluding hydrogens is 358 g/mol. The van der Waals surface area contributed by atoms with Gasteiger partial charge in [-0.1, -0.05) is 25.1 Å². The number of hydrazine groups is 2. The average Bonchev–Trinajstić information content (AvgIpc) is 3.20. The minimum atomic E-state index is -0.481. The van der Waals surface area contributed by atoms with Crippen LogP contribution in [0, 0.1) is 0 Å². The second-order valence-electron chi connectivity index (χ2n) is 6.47. The van der Waals surface area contributed by atoms with Crippen LogP contribution < -0.4 is 36.5 Å². The molecule has 0 spiro atoms. The lowest BCUT2D eigenvalue weighted by Gasteiger charge is -2.20. The number of amides is 1. The average molecular weight is 385 g/mol. The second-order valence-corrected chi connectivity index (χ2v) is 6.47. The van der Waals surface area contributed by atoms with Crippen molar-refractivity contribution in [2.75, 3.05) is 19.5 Å². The lowest BCUT2D eigenvalue weighted by molar-refractivity contribution is -0.123. The van der Waals surface area contributed by atoms with Gasteiger partial charge in [0.05, 0.1) is 14.2 Å². The van der Waals surface area contributed by atoms with Gasteiger partial charge in [0.25, 0.3) is 0 Å². The first-order valence-corrected chi connectivity index (χ1v) is 9.24. The molecule has 2 aromatic rings. The Balaban J connectivity index is 1.58. The van der Waals surface area contributed by atoms with E-state index in [4.69, 9.17) is 9.47 Å². The van der Waals surface area contributed by atoms with Crippen LogP contribution in [0.2, 0.25) is 0 Å². The number of carbonyl (C=O) groups excluding carboxylic acids is 1. The van der Waals surface area contributed by atoms with Crippen LogP contribution in [0.1, 0.15) is 18.1 Å². The molecule has 1 heterocycles. The number of carbonyl (C=O) groups is 1. The molecule has 28 heavy (non-hydrogen) atoms. The summed E-state index contributed by atoms with van der Waals surface area (Å²) in [6.07, 6.45) is 0.699. The van der Waals surface area contributed by atoms with Crippen LogP contribution in [0.15, 0.2) is 42.5 Å². The molecule has 1 saturated heterocycles. The predicted octanol–water partition coefficient (Wildman–Crippen LogP) is 1.30. The number of nitrogens with one attached hydrogen (secondary N) is 5. The molecule has 2 aromatic carbocycles. The third-order valence-corrected chi connectivity index (χ3v) is 4.67. The van der Waals surface area contributed by atoms with E-state index in [0.717, 1.165) is 17.7 Å². The van der Waals surface area contributed by atoms with Gasteiger partial charge in [-0.05, 0) is 41.8 Å². The second kappa shape index (κ2) is 9.41. The molecule has 1 aliphatic heterocycles. The first-order chi connectivity index (χ1) is 13.6. The van der Waals surface area contributed by atoms with E-state index >= 15 is 0 Å². The number of aryl methyl sites for hydroxylation is 1. The molecular formula is C20H27N5O3. The van der Waals surface area contributed by atoms with E-state index in [1.54, 1.807) is 14.2 Å². The summed E-state index contributed by atoms with van der Waals surface area (Å²) < 4.78 is 10.5. The van der Waals surface area contributed by atoms with Crippen molar-refractivity contribution in [1.82, 2.24) is 21.7 Å². The van der Waals surface area contributed by atoms with Gasteiger partial charge in [-0.15, -0.1) is 0 Å². The number of hydrogen-bond acceptors (Lipinski definition) is 7. The van der Waals surface area contributed by atoms with Crippen LogP contribution in [-0.2, 0) is 17.8 Å². The molecule has 2 unspecified atom stereocenters. The van der Waals surface area contributed by atoms with Crippen molar-refractivity contribution in [3.05, 3.63) is 53.6 Å². The number of benzene rings is 2. The number of hydrogen-bond donors (Lipinski definition) is 5. The zero-order valence-electron chi connectivity index (χ0n) is 16.3. The molecule has 150 valence electrons. The fraction of sp³-hybridized carbons (Fsp3) is 0.350. The van der Waals surface area contributed by atoms with E-state index < -0.39 is 6.04 Å². The van der Waals surface area contributed by atoms with Crippen molar-refractivity contribution in [2.24, 2.45) is 0 Å². The van der Waals surface area contributed by atoms with E-state index in [1.165, 1.54) is 5.56 Å². The Bertz CT molecular complexity index is 797.